The fraction of sp³-hybridized carbons (Fsp3) is 0.368. The molecule has 0 saturated carbocycles. The Morgan fingerprint density at radius 2 is 1.79 bits per heavy atom. The van der Waals surface area contributed by atoms with Crippen LogP contribution in [-0.4, -0.2) is 28.1 Å². The molecule has 5 nitrogen and oxygen atoms in total. The third kappa shape index (κ3) is 3.35. The number of hydrogen-bond acceptors (Lipinski definition) is 2. The third-order valence-corrected chi connectivity index (χ3v) is 4.28. The minimum Gasteiger partial charge on any atom is -0.478 e. The SMILES string of the molecule is CCN(C(=O)Cc1c(C(=O)O)c(C)cn1CC)c1ccccc1C. The molecule has 0 aliphatic carbocycles. The smallest absolute Gasteiger partial charge is 0.337 e. The summed E-state index contributed by atoms with van der Waals surface area (Å²) in [4.78, 5) is 26.2. The highest BCUT2D eigenvalue weighted by Gasteiger charge is 2.24. The molecule has 0 aliphatic rings. The van der Waals surface area contributed by atoms with E-state index in [1.165, 1.54) is 0 Å². The maximum Gasteiger partial charge on any atom is 0.337 e. The minimum atomic E-state index is -0.985. The quantitative estimate of drug-likeness (QED) is 0.884. The second kappa shape index (κ2) is 7.34. The summed E-state index contributed by atoms with van der Waals surface area (Å²) in [7, 11) is 0. The van der Waals surface area contributed by atoms with Gasteiger partial charge in [-0.1, -0.05) is 18.2 Å². The molecule has 2 aromatic rings. The van der Waals surface area contributed by atoms with Crippen LogP contribution in [0.1, 0.15) is 41.0 Å². The van der Waals surface area contributed by atoms with E-state index in [-0.39, 0.29) is 17.9 Å². The molecule has 0 spiro atoms. The van der Waals surface area contributed by atoms with Crippen molar-refractivity contribution >= 4 is 17.6 Å². The van der Waals surface area contributed by atoms with Crippen LogP contribution in [0.3, 0.4) is 0 Å². The summed E-state index contributed by atoms with van der Waals surface area (Å²) >= 11 is 0. The number of carbonyl (C=O) groups is 2. The number of carbonyl (C=O) groups excluding carboxylic acids is 1. The molecule has 0 fully saturated rings. The molecule has 0 bridgehead atoms. The Balaban J connectivity index is 2.38. The number of aryl methyl sites for hydroxylation is 3. The van der Waals surface area contributed by atoms with Crippen LogP contribution >= 0.6 is 0 Å². The van der Waals surface area contributed by atoms with Crippen LogP contribution in [0, 0.1) is 13.8 Å². The molecule has 1 amide bonds. The standard InChI is InChI=1S/C19H24N2O3/c1-5-20-12-14(4)18(19(23)24)16(20)11-17(22)21(6-2)15-10-8-7-9-13(15)3/h7-10,12H,5-6,11H2,1-4H3,(H,23,24). The topological polar surface area (TPSA) is 62.5 Å². The van der Waals surface area contributed by atoms with Crippen LogP contribution < -0.4 is 4.90 Å². The van der Waals surface area contributed by atoms with E-state index >= 15 is 0 Å². The van der Waals surface area contributed by atoms with Gasteiger partial charge in [0.15, 0.2) is 0 Å². The van der Waals surface area contributed by atoms with Gasteiger partial charge in [0.05, 0.1) is 12.0 Å². The first kappa shape index (κ1) is 17.8. The van der Waals surface area contributed by atoms with E-state index in [0.29, 0.717) is 24.3 Å². The van der Waals surface area contributed by atoms with E-state index < -0.39 is 5.97 Å². The first-order chi connectivity index (χ1) is 11.4. The summed E-state index contributed by atoms with van der Waals surface area (Å²) in [6.45, 7) is 8.77. The Bertz CT molecular complexity index is 762. The van der Waals surface area contributed by atoms with Crippen molar-refractivity contribution in [3.63, 3.8) is 0 Å². The second-order valence-corrected chi connectivity index (χ2v) is 5.83. The average molecular weight is 328 g/mol. The van der Waals surface area contributed by atoms with Gasteiger partial charge in [0.1, 0.15) is 0 Å². The predicted molar refractivity (Wildman–Crippen MR) is 94.7 cm³/mol. The number of amides is 1. The maximum atomic E-state index is 12.9. The van der Waals surface area contributed by atoms with Gasteiger partial charge in [-0.3, -0.25) is 4.79 Å². The van der Waals surface area contributed by atoms with E-state index in [1.54, 1.807) is 18.0 Å². The van der Waals surface area contributed by atoms with Crippen molar-refractivity contribution in [2.75, 3.05) is 11.4 Å². The highest BCUT2D eigenvalue weighted by molar-refractivity contribution is 5.98. The lowest BCUT2D eigenvalue weighted by Crippen LogP contribution is -2.33. The molecule has 1 aromatic heterocycles. The Kier molecular flexibility index (Phi) is 5.44. The summed E-state index contributed by atoms with van der Waals surface area (Å²) in [5.41, 5.74) is 3.39. The molecule has 1 N–H and O–H groups in total. The van der Waals surface area contributed by atoms with E-state index in [0.717, 1.165) is 11.3 Å². The number of anilines is 1. The lowest BCUT2D eigenvalue weighted by atomic mass is 10.1. The number of likely N-dealkylation sites (N-methyl/N-ethyl adjacent to an activating group) is 1. The maximum absolute atomic E-state index is 12.9. The minimum absolute atomic E-state index is 0.0749. The van der Waals surface area contributed by atoms with Crippen molar-refractivity contribution < 1.29 is 14.7 Å². The molecule has 0 atom stereocenters. The molecule has 1 aromatic carbocycles. The number of aromatic carboxylic acids is 1. The highest BCUT2D eigenvalue weighted by atomic mass is 16.4. The predicted octanol–water partition coefficient (Wildman–Crippen LogP) is 3.42. The van der Waals surface area contributed by atoms with Gasteiger partial charge in [0.2, 0.25) is 5.91 Å². The van der Waals surface area contributed by atoms with Crippen LogP contribution in [0.5, 0.6) is 0 Å². The zero-order valence-corrected chi connectivity index (χ0v) is 14.7. The second-order valence-electron chi connectivity index (χ2n) is 5.83. The highest BCUT2D eigenvalue weighted by Crippen LogP contribution is 2.23. The fourth-order valence-corrected chi connectivity index (χ4v) is 3.10. The number of para-hydroxylation sites is 1. The molecular weight excluding hydrogens is 304 g/mol. The fourth-order valence-electron chi connectivity index (χ4n) is 3.10. The molecular formula is C19H24N2O3. The summed E-state index contributed by atoms with van der Waals surface area (Å²) in [5, 5.41) is 9.49. The van der Waals surface area contributed by atoms with Crippen molar-refractivity contribution in [2.24, 2.45) is 0 Å². The van der Waals surface area contributed by atoms with Crippen LogP contribution in [0.25, 0.3) is 0 Å². The molecule has 0 unspecified atom stereocenters. The van der Waals surface area contributed by atoms with Crippen LogP contribution in [0.15, 0.2) is 30.5 Å². The number of nitrogens with zero attached hydrogens (tertiary/aromatic N) is 2. The zero-order chi connectivity index (χ0) is 17.9. The van der Waals surface area contributed by atoms with E-state index in [1.807, 2.05) is 49.6 Å². The number of rotatable bonds is 6. The van der Waals surface area contributed by atoms with Crippen LogP contribution in [-0.2, 0) is 17.8 Å². The van der Waals surface area contributed by atoms with Gasteiger partial charge in [-0.25, -0.2) is 4.79 Å². The Labute approximate surface area is 142 Å². The molecule has 0 radical (unpaired) electrons. The number of hydrogen-bond donors (Lipinski definition) is 1. The van der Waals surface area contributed by atoms with Crippen LogP contribution in [0.2, 0.25) is 0 Å². The van der Waals surface area contributed by atoms with Gasteiger partial charge in [0, 0.05) is 30.7 Å². The lowest BCUT2D eigenvalue weighted by molar-refractivity contribution is -0.118. The summed E-state index contributed by atoms with van der Waals surface area (Å²) in [5.74, 6) is -1.08. The Hall–Kier alpha value is -2.56. The van der Waals surface area contributed by atoms with Gasteiger partial charge in [-0.05, 0) is 44.9 Å². The van der Waals surface area contributed by atoms with Gasteiger partial charge in [-0.2, -0.15) is 0 Å². The largest absolute Gasteiger partial charge is 0.478 e. The lowest BCUT2D eigenvalue weighted by Gasteiger charge is -2.23. The van der Waals surface area contributed by atoms with Crippen molar-refractivity contribution in [3.8, 4) is 0 Å². The van der Waals surface area contributed by atoms with Gasteiger partial charge in [-0.15, -0.1) is 0 Å². The normalized spacial score (nSPS) is 10.7. The summed E-state index contributed by atoms with van der Waals surface area (Å²) < 4.78 is 1.85. The van der Waals surface area contributed by atoms with E-state index in [9.17, 15) is 14.7 Å². The Morgan fingerprint density at radius 3 is 2.33 bits per heavy atom. The first-order valence-corrected chi connectivity index (χ1v) is 8.18. The summed E-state index contributed by atoms with van der Waals surface area (Å²) in [6, 6.07) is 7.72. The molecule has 1 heterocycles. The molecule has 0 saturated heterocycles. The first-order valence-electron chi connectivity index (χ1n) is 8.18. The number of aromatic nitrogens is 1. The molecule has 5 heteroatoms. The Morgan fingerprint density at radius 1 is 1.12 bits per heavy atom. The van der Waals surface area contributed by atoms with Crippen molar-refractivity contribution in [2.45, 2.75) is 40.7 Å². The van der Waals surface area contributed by atoms with Gasteiger partial charge < -0.3 is 14.6 Å². The monoisotopic (exact) mass is 328 g/mol. The number of carboxylic acid groups (broad SMARTS) is 1. The number of benzene rings is 1. The van der Waals surface area contributed by atoms with Crippen molar-refractivity contribution in [1.29, 1.82) is 0 Å². The van der Waals surface area contributed by atoms with Crippen molar-refractivity contribution in [1.82, 2.24) is 4.57 Å². The van der Waals surface area contributed by atoms with E-state index in [4.69, 9.17) is 0 Å². The van der Waals surface area contributed by atoms with Gasteiger partial charge in [0.25, 0.3) is 0 Å². The molecule has 2 rings (SSSR count). The summed E-state index contributed by atoms with van der Waals surface area (Å²) in [6.07, 6.45) is 1.88. The molecule has 0 aliphatic heterocycles. The zero-order valence-electron chi connectivity index (χ0n) is 14.7. The van der Waals surface area contributed by atoms with E-state index in [2.05, 4.69) is 0 Å². The van der Waals surface area contributed by atoms with Crippen LogP contribution in [0.4, 0.5) is 5.69 Å². The average Bonchev–Trinajstić information content (AvgIpc) is 2.85. The molecule has 128 valence electrons. The van der Waals surface area contributed by atoms with Gasteiger partial charge >= 0.3 is 5.97 Å². The number of carboxylic acids is 1. The third-order valence-electron chi connectivity index (χ3n) is 4.28. The molecule has 24 heavy (non-hydrogen) atoms. The van der Waals surface area contributed by atoms with Crippen molar-refractivity contribution in [3.05, 3.63) is 52.8 Å².